The van der Waals surface area contributed by atoms with E-state index < -0.39 is 0 Å². The Labute approximate surface area is 72.0 Å². The lowest BCUT2D eigenvalue weighted by Gasteiger charge is -2.07. The third-order valence-corrected chi connectivity index (χ3v) is 2.90. The average molecular weight is 165 g/mol. The molecule has 0 saturated heterocycles. The van der Waals surface area contributed by atoms with Gasteiger partial charge in [0.05, 0.1) is 0 Å². The van der Waals surface area contributed by atoms with Gasteiger partial charge < -0.3 is 5.73 Å². The first-order valence-electron chi connectivity index (χ1n) is 3.80. The molecule has 2 unspecified atom stereocenters. The molecule has 0 amide bonds. The lowest BCUT2D eigenvalue weighted by atomic mass is 10.1. The summed E-state index contributed by atoms with van der Waals surface area (Å²) in [6.45, 7) is 0. The number of benzene rings is 1. The lowest BCUT2D eigenvalue weighted by molar-refractivity contribution is 0.711. The van der Waals surface area contributed by atoms with Crippen molar-refractivity contribution in [3.8, 4) is 0 Å². The first-order chi connectivity index (χ1) is 5.29. The van der Waals surface area contributed by atoms with E-state index in [0.717, 1.165) is 6.42 Å². The molecule has 1 aromatic rings. The van der Waals surface area contributed by atoms with E-state index in [1.807, 2.05) is 6.07 Å². The van der Waals surface area contributed by atoms with Crippen LogP contribution in [0.3, 0.4) is 0 Å². The van der Waals surface area contributed by atoms with Gasteiger partial charge in [0.1, 0.15) is 0 Å². The summed E-state index contributed by atoms with van der Waals surface area (Å²) >= 11 is 4.44. The SMILES string of the molecule is NC1Cc2ccccc2C1S. The summed E-state index contributed by atoms with van der Waals surface area (Å²) < 4.78 is 0. The molecule has 1 aliphatic rings. The number of fused-ring (bicyclic) bond motifs is 1. The van der Waals surface area contributed by atoms with Gasteiger partial charge >= 0.3 is 0 Å². The molecule has 0 saturated carbocycles. The number of hydrogen-bond acceptors (Lipinski definition) is 2. The Bertz CT molecular complexity index is 272. The Morgan fingerprint density at radius 3 is 2.82 bits per heavy atom. The zero-order valence-electron chi connectivity index (χ0n) is 6.20. The first-order valence-corrected chi connectivity index (χ1v) is 4.32. The topological polar surface area (TPSA) is 26.0 Å². The lowest BCUT2D eigenvalue weighted by Crippen LogP contribution is -2.21. The van der Waals surface area contributed by atoms with Crippen LogP contribution >= 0.6 is 12.6 Å². The van der Waals surface area contributed by atoms with Crippen molar-refractivity contribution >= 4 is 12.6 Å². The molecule has 1 aliphatic carbocycles. The van der Waals surface area contributed by atoms with Crippen LogP contribution in [0.5, 0.6) is 0 Å². The van der Waals surface area contributed by atoms with Crippen molar-refractivity contribution in [2.75, 3.05) is 0 Å². The fraction of sp³-hybridized carbons (Fsp3) is 0.333. The first kappa shape index (κ1) is 7.19. The molecule has 2 atom stereocenters. The van der Waals surface area contributed by atoms with Crippen molar-refractivity contribution in [2.45, 2.75) is 17.7 Å². The van der Waals surface area contributed by atoms with E-state index in [4.69, 9.17) is 5.73 Å². The second kappa shape index (κ2) is 2.54. The van der Waals surface area contributed by atoms with Crippen LogP contribution in [0.1, 0.15) is 16.4 Å². The van der Waals surface area contributed by atoms with Crippen molar-refractivity contribution in [1.82, 2.24) is 0 Å². The minimum atomic E-state index is 0.204. The van der Waals surface area contributed by atoms with Crippen molar-refractivity contribution < 1.29 is 0 Å². The summed E-state index contributed by atoms with van der Waals surface area (Å²) in [4.78, 5) is 0. The molecule has 0 spiro atoms. The Hall–Kier alpha value is -0.470. The van der Waals surface area contributed by atoms with E-state index in [-0.39, 0.29) is 11.3 Å². The maximum absolute atomic E-state index is 5.85. The van der Waals surface area contributed by atoms with Gasteiger partial charge in [0.15, 0.2) is 0 Å². The molecule has 2 heteroatoms. The molecule has 2 N–H and O–H groups in total. The monoisotopic (exact) mass is 165 g/mol. The second-order valence-corrected chi connectivity index (χ2v) is 3.57. The third kappa shape index (κ3) is 1.06. The van der Waals surface area contributed by atoms with Gasteiger partial charge in [-0.15, -0.1) is 0 Å². The highest BCUT2D eigenvalue weighted by Crippen LogP contribution is 2.34. The molecule has 1 aromatic carbocycles. The fourth-order valence-electron chi connectivity index (χ4n) is 1.60. The Kier molecular flexibility index (Phi) is 1.66. The number of rotatable bonds is 0. The van der Waals surface area contributed by atoms with E-state index in [2.05, 4.69) is 30.8 Å². The van der Waals surface area contributed by atoms with Crippen molar-refractivity contribution in [1.29, 1.82) is 0 Å². The van der Waals surface area contributed by atoms with E-state index in [0.29, 0.717) is 0 Å². The van der Waals surface area contributed by atoms with Crippen LogP contribution in [0.25, 0.3) is 0 Å². The van der Waals surface area contributed by atoms with Crippen LogP contribution in [-0.4, -0.2) is 6.04 Å². The molecular weight excluding hydrogens is 154 g/mol. The third-order valence-electron chi connectivity index (χ3n) is 2.23. The minimum absolute atomic E-state index is 0.204. The molecule has 0 aromatic heterocycles. The number of nitrogens with two attached hydrogens (primary N) is 1. The Balaban J connectivity index is 2.47. The highest BCUT2D eigenvalue weighted by atomic mass is 32.1. The van der Waals surface area contributed by atoms with Gasteiger partial charge in [-0.3, -0.25) is 0 Å². The van der Waals surface area contributed by atoms with Crippen LogP contribution in [-0.2, 0) is 6.42 Å². The molecule has 0 fully saturated rings. The summed E-state index contributed by atoms with van der Waals surface area (Å²) in [5.74, 6) is 0. The van der Waals surface area contributed by atoms with Crippen LogP contribution in [0.15, 0.2) is 24.3 Å². The highest BCUT2D eigenvalue weighted by molar-refractivity contribution is 7.80. The number of thiol groups is 1. The summed E-state index contributed by atoms with van der Waals surface area (Å²) in [7, 11) is 0. The normalized spacial score (nSPS) is 28.5. The largest absolute Gasteiger partial charge is 0.326 e. The van der Waals surface area contributed by atoms with Crippen LogP contribution in [0.4, 0.5) is 0 Å². The predicted octanol–water partition coefficient (Wildman–Crippen LogP) is 1.54. The average Bonchev–Trinajstić information content (AvgIpc) is 2.30. The highest BCUT2D eigenvalue weighted by Gasteiger charge is 2.25. The molecule has 2 rings (SSSR count). The predicted molar refractivity (Wildman–Crippen MR) is 49.8 cm³/mol. The molecule has 11 heavy (non-hydrogen) atoms. The summed E-state index contributed by atoms with van der Waals surface area (Å²) in [6.07, 6.45) is 0.977. The molecular formula is C9H11NS. The molecule has 0 bridgehead atoms. The summed E-state index contributed by atoms with van der Waals surface area (Å²) in [5.41, 5.74) is 8.52. The second-order valence-electron chi connectivity index (χ2n) is 3.01. The van der Waals surface area contributed by atoms with Crippen molar-refractivity contribution in [3.63, 3.8) is 0 Å². The van der Waals surface area contributed by atoms with E-state index in [9.17, 15) is 0 Å². The van der Waals surface area contributed by atoms with Gasteiger partial charge in [0.25, 0.3) is 0 Å². The standard InChI is InChI=1S/C9H11NS/c10-8-5-6-3-1-2-4-7(6)9(8)11/h1-4,8-9,11H,5,10H2. The van der Waals surface area contributed by atoms with Crippen molar-refractivity contribution in [3.05, 3.63) is 35.4 Å². The summed E-state index contributed by atoms with van der Waals surface area (Å²) in [5, 5.41) is 0.242. The molecule has 0 radical (unpaired) electrons. The zero-order chi connectivity index (χ0) is 7.84. The van der Waals surface area contributed by atoms with Gasteiger partial charge in [0, 0.05) is 11.3 Å². The van der Waals surface area contributed by atoms with E-state index in [1.54, 1.807) is 0 Å². The Morgan fingerprint density at radius 2 is 2.09 bits per heavy atom. The van der Waals surface area contributed by atoms with Gasteiger partial charge in [-0.05, 0) is 17.5 Å². The van der Waals surface area contributed by atoms with Crippen molar-refractivity contribution in [2.24, 2.45) is 5.73 Å². The molecule has 0 heterocycles. The van der Waals surface area contributed by atoms with Gasteiger partial charge in [-0.2, -0.15) is 12.6 Å². The van der Waals surface area contributed by atoms with Gasteiger partial charge in [0.2, 0.25) is 0 Å². The van der Waals surface area contributed by atoms with Gasteiger partial charge in [-0.25, -0.2) is 0 Å². The zero-order valence-corrected chi connectivity index (χ0v) is 7.09. The fourth-order valence-corrected chi connectivity index (χ4v) is 1.96. The summed E-state index contributed by atoms with van der Waals surface area (Å²) in [6, 6.07) is 8.54. The van der Waals surface area contributed by atoms with E-state index in [1.165, 1.54) is 11.1 Å². The van der Waals surface area contributed by atoms with Gasteiger partial charge in [-0.1, -0.05) is 24.3 Å². The van der Waals surface area contributed by atoms with Crippen LogP contribution < -0.4 is 5.73 Å². The molecule has 1 nitrogen and oxygen atoms in total. The minimum Gasteiger partial charge on any atom is -0.326 e. The maximum Gasteiger partial charge on any atom is 0.0424 e. The maximum atomic E-state index is 5.85. The smallest absolute Gasteiger partial charge is 0.0424 e. The van der Waals surface area contributed by atoms with Crippen LogP contribution in [0.2, 0.25) is 0 Å². The Morgan fingerprint density at radius 1 is 1.36 bits per heavy atom. The van der Waals surface area contributed by atoms with E-state index >= 15 is 0 Å². The van der Waals surface area contributed by atoms with Crippen LogP contribution in [0, 0.1) is 0 Å². The quantitative estimate of drug-likeness (QED) is 0.560. The molecule has 0 aliphatic heterocycles. The number of hydrogen-bond donors (Lipinski definition) is 2. The molecule has 58 valence electrons.